The largest absolute Gasteiger partial charge is 0.351 e. The highest BCUT2D eigenvalue weighted by Crippen LogP contribution is 2.17. The molecule has 1 saturated carbocycles. The van der Waals surface area contributed by atoms with Gasteiger partial charge in [-0.1, -0.05) is 49.6 Å². The summed E-state index contributed by atoms with van der Waals surface area (Å²) in [5.41, 5.74) is 1.14. The standard InChI is InChI=1S/C16H24N2O/c1-13(18-15-10-6-3-7-11-15)16(19)17-12-14-8-4-2-5-9-14/h2,4-5,8-9,13,15,18H,3,6-7,10-12H2,1H3,(H,17,19)/t13-/m0/s1. The monoisotopic (exact) mass is 260 g/mol. The van der Waals surface area contributed by atoms with Crippen LogP contribution in [0.25, 0.3) is 0 Å². The molecule has 1 aromatic carbocycles. The molecule has 1 amide bonds. The Kier molecular flexibility index (Phi) is 5.40. The van der Waals surface area contributed by atoms with E-state index >= 15 is 0 Å². The third kappa shape index (κ3) is 4.67. The summed E-state index contributed by atoms with van der Waals surface area (Å²) in [6.45, 7) is 2.56. The number of hydrogen-bond donors (Lipinski definition) is 2. The first-order chi connectivity index (χ1) is 9.25. The van der Waals surface area contributed by atoms with Crippen molar-refractivity contribution in [2.24, 2.45) is 0 Å². The molecule has 2 N–H and O–H groups in total. The molecule has 1 aliphatic carbocycles. The number of carbonyl (C=O) groups is 1. The van der Waals surface area contributed by atoms with Crippen molar-refractivity contribution in [3.8, 4) is 0 Å². The maximum absolute atomic E-state index is 12.0. The summed E-state index contributed by atoms with van der Waals surface area (Å²) in [5.74, 6) is 0.0921. The lowest BCUT2D eigenvalue weighted by Crippen LogP contribution is -2.46. The molecule has 19 heavy (non-hydrogen) atoms. The molecule has 1 aliphatic rings. The van der Waals surface area contributed by atoms with Crippen LogP contribution in [0.5, 0.6) is 0 Å². The van der Waals surface area contributed by atoms with Gasteiger partial charge in [-0.2, -0.15) is 0 Å². The summed E-state index contributed by atoms with van der Waals surface area (Å²) in [7, 11) is 0. The van der Waals surface area contributed by atoms with Crippen molar-refractivity contribution in [3.05, 3.63) is 35.9 Å². The summed E-state index contributed by atoms with van der Waals surface area (Å²) < 4.78 is 0. The maximum Gasteiger partial charge on any atom is 0.237 e. The Labute approximate surface area is 115 Å². The number of benzene rings is 1. The maximum atomic E-state index is 12.0. The van der Waals surface area contributed by atoms with Crippen molar-refractivity contribution < 1.29 is 4.79 Å². The summed E-state index contributed by atoms with van der Waals surface area (Å²) in [5, 5.41) is 6.43. The second-order valence-corrected chi connectivity index (χ2v) is 5.43. The molecule has 0 heterocycles. The Hall–Kier alpha value is -1.35. The molecule has 104 valence electrons. The number of carbonyl (C=O) groups excluding carboxylic acids is 1. The van der Waals surface area contributed by atoms with Crippen LogP contribution in [-0.2, 0) is 11.3 Å². The second-order valence-electron chi connectivity index (χ2n) is 5.43. The van der Waals surface area contributed by atoms with Crippen LogP contribution < -0.4 is 10.6 Å². The fourth-order valence-corrected chi connectivity index (χ4v) is 2.64. The Morgan fingerprint density at radius 3 is 2.58 bits per heavy atom. The molecular weight excluding hydrogens is 236 g/mol. The minimum absolute atomic E-state index is 0.0921. The van der Waals surface area contributed by atoms with E-state index in [1.54, 1.807) is 0 Å². The highest BCUT2D eigenvalue weighted by molar-refractivity contribution is 5.81. The van der Waals surface area contributed by atoms with Crippen LogP contribution in [0.3, 0.4) is 0 Å². The van der Waals surface area contributed by atoms with E-state index in [1.807, 2.05) is 37.3 Å². The highest BCUT2D eigenvalue weighted by Gasteiger charge is 2.19. The molecule has 0 aromatic heterocycles. The quantitative estimate of drug-likeness (QED) is 0.854. The van der Waals surface area contributed by atoms with Gasteiger partial charge in [0.15, 0.2) is 0 Å². The lowest BCUT2D eigenvalue weighted by molar-refractivity contribution is -0.123. The molecule has 0 bridgehead atoms. The molecule has 1 aromatic rings. The Morgan fingerprint density at radius 2 is 1.89 bits per heavy atom. The van der Waals surface area contributed by atoms with E-state index in [0.29, 0.717) is 12.6 Å². The average molecular weight is 260 g/mol. The van der Waals surface area contributed by atoms with Crippen LogP contribution in [0, 0.1) is 0 Å². The molecule has 0 unspecified atom stereocenters. The summed E-state index contributed by atoms with van der Waals surface area (Å²) >= 11 is 0. The third-order valence-electron chi connectivity index (χ3n) is 3.79. The van der Waals surface area contributed by atoms with Gasteiger partial charge in [0.2, 0.25) is 5.91 Å². The Morgan fingerprint density at radius 1 is 1.21 bits per heavy atom. The first-order valence-corrected chi connectivity index (χ1v) is 7.33. The third-order valence-corrected chi connectivity index (χ3v) is 3.79. The van der Waals surface area contributed by atoms with E-state index in [4.69, 9.17) is 0 Å². The lowest BCUT2D eigenvalue weighted by Gasteiger charge is -2.26. The number of nitrogens with one attached hydrogen (secondary N) is 2. The highest BCUT2D eigenvalue weighted by atomic mass is 16.2. The van der Waals surface area contributed by atoms with Crippen LogP contribution in [0.4, 0.5) is 0 Å². The minimum atomic E-state index is -0.105. The smallest absolute Gasteiger partial charge is 0.237 e. The second kappa shape index (κ2) is 7.29. The van der Waals surface area contributed by atoms with Crippen LogP contribution in [0.15, 0.2) is 30.3 Å². The van der Waals surface area contributed by atoms with Gasteiger partial charge in [0.1, 0.15) is 0 Å². The molecule has 3 heteroatoms. The lowest BCUT2D eigenvalue weighted by atomic mass is 9.95. The Bertz CT molecular complexity index is 385. The van der Waals surface area contributed by atoms with Crippen molar-refractivity contribution in [1.82, 2.24) is 10.6 Å². The molecular formula is C16H24N2O. The SMILES string of the molecule is C[C@H](NC1CCCCC1)C(=O)NCc1ccccc1. The first-order valence-electron chi connectivity index (χ1n) is 7.33. The Balaban J connectivity index is 1.72. The predicted molar refractivity (Wildman–Crippen MR) is 77.8 cm³/mol. The van der Waals surface area contributed by atoms with Crippen LogP contribution in [0.1, 0.15) is 44.6 Å². The fraction of sp³-hybridized carbons (Fsp3) is 0.562. The van der Waals surface area contributed by atoms with Gasteiger partial charge in [-0.3, -0.25) is 4.79 Å². The number of rotatable bonds is 5. The van der Waals surface area contributed by atoms with Crippen LogP contribution >= 0.6 is 0 Å². The summed E-state index contributed by atoms with van der Waals surface area (Å²) in [6.07, 6.45) is 6.32. The van der Waals surface area contributed by atoms with E-state index in [0.717, 1.165) is 5.56 Å². The summed E-state index contributed by atoms with van der Waals surface area (Å²) in [6, 6.07) is 10.4. The van der Waals surface area contributed by atoms with Crippen molar-refractivity contribution in [3.63, 3.8) is 0 Å². The minimum Gasteiger partial charge on any atom is -0.351 e. The van der Waals surface area contributed by atoms with Crippen molar-refractivity contribution in [2.45, 2.75) is 57.7 Å². The molecule has 0 radical (unpaired) electrons. The zero-order valence-electron chi connectivity index (χ0n) is 11.7. The van der Waals surface area contributed by atoms with Crippen LogP contribution in [-0.4, -0.2) is 18.0 Å². The zero-order chi connectivity index (χ0) is 13.5. The molecule has 1 atom stereocenters. The fourth-order valence-electron chi connectivity index (χ4n) is 2.64. The van der Waals surface area contributed by atoms with E-state index in [-0.39, 0.29) is 11.9 Å². The van der Waals surface area contributed by atoms with Gasteiger partial charge < -0.3 is 10.6 Å². The molecule has 3 nitrogen and oxygen atoms in total. The van der Waals surface area contributed by atoms with Gasteiger partial charge >= 0.3 is 0 Å². The molecule has 0 saturated heterocycles. The predicted octanol–water partition coefficient (Wildman–Crippen LogP) is 2.61. The van der Waals surface area contributed by atoms with E-state index < -0.39 is 0 Å². The van der Waals surface area contributed by atoms with Gasteiger partial charge in [-0.25, -0.2) is 0 Å². The molecule has 0 spiro atoms. The average Bonchev–Trinajstić information content (AvgIpc) is 2.47. The number of amides is 1. The van der Waals surface area contributed by atoms with Gasteiger partial charge in [-0.05, 0) is 25.3 Å². The molecule has 0 aliphatic heterocycles. The van der Waals surface area contributed by atoms with E-state index in [2.05, 4.69) is 10.6 Å². The van der Waals surface area contributed by atoms with Crippen molar-refractivity contribution >= 4 is 5.91 Å². The van der Waals surface area contributed by atoms with Gasteiger partial charge in [0.25, 0.3) is 0 Å². The van der Waals surface area contributed by atoms with E-state index in [9.17, 15) is 4.79 Å². The summed E-state index contributed by atoms with van der Waals surface area (Å²) in [4.78, 5) is 12.0. The van der Waals surface area contributed by atoms with Gasteiger partial charge in [-0.15, -0.1) is 0 Å². The topological polar surface area (TPSA) is 41.1 Å². The first kappa shape index (κ1) is 14.1. The number of hydrogen-bond acceptors (Lipinski definition) is 2. The molecule has 1 fully saturated rings. The van der Waals surface area contributed by atoms with Crippen molar-refractivity contribution in [2.75, 3.05) is 0 Å². The van der Waals surface area contributed by atoms with Crippen LogP contribution in [0.2, 0.25) is 0 Å². The normalized spacial score (nSPS) is 17.9. The zero-order valence-corrected chi connectivity index (χ0v) is 11.7. The van der Waals surface area contributed by atoms with Crippen molar-refractivity contribution in [1.29, 1.82) is 0 Å². The van der Waals surface area contributed by atoms with E-state index in [1.165, 1.54) is 32.1 Å². The molecule has 2 rings (SSSR count). The van der Waals surface area contributed by atoms with Gasteiger partial charge in [0.05, 0.1) is 6.04 Å². The van der Waals surface area contributed by atoms with Gasteiger partial charge in [0, 0.05) is 12.6 Å².